The molecule has 0 saturated heterocycles. The SMILES string of the molecule is COC[C@H](C)O[C@]1(COC(C)C)CC1CP(=O)(O)O. The van der Waals surface area contributed by atoms with Crippen molar-refractivity contribution in [3.63, 3.8) is 0 Å². The summed E-state index contributed by atoms with van der Waals surface area (Å²) in [6.45, 7) is 6.54. The number of ether oxygens (including phenoxy) is 3. The van der Waals surface area contributed by atoms with E-state index in [2.05, 4.69) is 0 Å². The van der Waals surface area contributed by atoms with Crippen molar-refractivity contribution >= 4 is 7.60 Å². The molecule has 0 radical (unpaired) electrons. The molecule has 1 rings (SSSR count). The van der Waals surface area contributed by atoms with Crippen LogP contribution in [0.1, 0.15) is 27.2 Å². The van der Waals surface area contributed by atoms with Gasteiger partial charge in [-0.3, -0.25) is 4.57 Å². The molecule has 0 spiro atoms. The molecule has 0 heterocycles. The van der Waals surface area contributed by atoms with Crippen molar-refractivity contribution < 1.29 is 28.6 Å². The van der Waals surface area contributed by atoms with Gasteiger partial charge in [-0.05, 0) is 27.2 Å². The molecule has 3 atom stereocenters. The predicted molar refractivity (Wildman–Crippen MR) is 71.3 cm³/mol. The maximum absolute atomic E-state index is 11.1. The van der Waals surface area contributed by atoms with E-state index in [-0.39, 0.29) is 24.3 Å². The maximum Gasteiger partial charge on any atom is 0.325 e. The summed E-state index contributed by atoms with van der Waals surface area (Å²) < 4.78 is 27.6. The number of rotatable bonds is 9. The second kappa shape index (κ2) is 6.66. The average molecular weight is 296 g/mol. The van der Waals surface area contributed by atoms with Gasteiger partial charge in [0.05, 0.1) is 37.2 Å². The van der Waals surface area contributed by atoms with Gasteiger partial charge in [0, 0.05) is 13.0 Å². The molecule has 7 heteroatoms. The molecular formula is C12H25O6P. The van der Waals surface area contributed by atoms with Crippen LogP contribution in [-0.4, -0.2) is 54.1 Å². The van der Waals surface area contributed by atoms with E-state index >= 15 is 0 Å². The van der Waals surface area contributed by atoms with Crippen molar-refractivity contribution in [1.82, 2.24) is 0 Å². The predicted octanol–water partition coefficient (Wildman–Crippen LogP) is 1.40. The number of hydrogen-bond donors (Lipinski definition) is 2. The quantitative estimate of drug-likeness (QED) is 0.626. The van der Waals surface area contributed by atoms with Gasteiger partial charge < -0.3 is 24.0 Å². The molecule has 6 nitrogen and oxygen atoms in total. The van der Waals surface area contributed by atoms with Gasteiger partial charge in [-0.2, -0.15) is 0 Å². The molecule has 19 heavy (non-hydrogen) atoms. The molecule has 0 amide bonds. The Morgan fingerprint density at radius 3 is 2.47 bits per heavy atom. The third kappa shape index (κ3) is 5.90. The molecular weight excluding hydrogens is 271 g/mol. The minimum atomic E-state index is -4.01. The first-order valence-corrected chi connectivity index (χ1v) is 8.31. The van der Waals surface area contributed by atoms with E-state index < -0.39 is 13.2 Å². The van der Waals surface area contributed by atoms with Crippen LogP contribution in [0.25, 0.3) is 0 Å². The molecule has 0 bridgehead atoms. The van der Waals surface area contributed by atoms with Gasteiger partial charge in [-0.15, -0.1) is 0 Å². The minimum absolute atomic E-state index is 0.0644. The molecule has 0 aromatic rings. The zero-order valence-electron chi connectivity index (χ0n) is 12.0. The van der Waals surface area contributed by atoms with E-state index in [0.717, 1.165) is 0 Å². The lowest BCUT2D eigenvalue weighted by Gasteiger charge is -2.24. The van der Waals surface area contributed by atoms with Gasteiger partial charge in [0.25, 0.3) is 0 Å². The summed E-state index contributed by atoms with van der Waals surface area (Å²) in [5.41, 5.74) is -0.566. The van der Waals surface area contributed by atoms with Crippen molar-refractivity contribution in [2.45, 2.75) is 45.0 Å². The highest BCUT2D eigenvalue weighted by atomic mass is 31.2. The van der Waals surface area contributed by atoms with Crippen LogP contribution >= 0.6 is 7.60 Å². The molecule has 0 aliphatic heterocycles. The summed E-state index contributed by atoms with van der Waals surface area (Å²) in [5.74, 6) is -0.147. The van der Waals surface area contributed by atoms with Crippen molar-refractivity contribution in [3.05, 3.63) is 0 Å². The fourth-order valence-electron chi connectivity index (χ4n) is 2.21. The summed E-state index contributed by atoms with van der Waals surface area (Å²) in [6.07, 6.45) is 0.421. The van der Waals surface area contributed by atoms with E-state index in [0.29, 0.717) is 19.6 Å². The van der Waals surface area contributed by atoms with Crippen molar-refractivity contribution in [1.29, 1.82) is 0 Å². The van der Waals surface area contributed by atoms with Crippen LogP contribution < -0.4 is 0 Å². The zero-order valence-corrected chi connectivity index (χ0v) is 12.9. The van der Waals surface area contributed by atoms with Crippen molar-refractivity contribution in [2.24, 2.45) is 5.92 Å². The summed E-state index contributed by atoms with van der Waals surface area (Å²) in [5, 5.41) is 0. The second-order valence-corrected chi connectivity index (χ2v) is 7.25. The Morgan fingerprint density at radius 1 is 1.37 bits per heavy atom. The molecule has 0 aromatic carbocycles. The molecule has 1 aliphatic carbocycles. The Hall–Kier alpha value is 0.0300. The van der Waals surface area contributed by atoms with Gasteiger partial charge in [-0.1, -0.05) is 0 Å². The van der Waals surface area contributed by atoms with Crippen LogP contribution in [0.5, 0.6) is 0 Å². The Labute approximate surface area is 114 Å². The number of hydrogen-bond acceptors (Lipinski definition) is 4. The first-order chi connectivity index (χ1) is 8.68. The lowest BCUT2D eigenvalue weighted by Crippen LogP contribution is -2.32. The van der Waals surface area contributed by atoms with Crippen LogP contribution in [0, 0.1) is 5.92 Å². The van der Waals surface area contributed by atoms with E-state index in [4.69, 9.17) is 24.0 Å². The van der Waals surface area contributed by atoms with Gasteiger partial charge in [-0.25, -0.2) is 0 Å². The Morgan fingerprint density at radius 2 is 2.00 bits per heavy atom. The highest BCUT2D eigenvalue weighted by Gasteiger charge is 2.58. The Bertz CT molecular complexity index is 328. The van der Waals surface area contributed by atoms with E-state index in [1.54, 1.807) is 7.11 Å². The normalized spacial score (nSPS) is 28.7. The zero-order chi connectivity index (χ0) is 14.7. The summed E-state index contributed by atoms with van der Waals surface area (Å²) in [4.78, 5) is 18.1. The van der Waals surface area contributed by atoms with E-state index in [9.17, 15) is 4.57 Å². The van der Waals surface area contributed by atoms with Crippen molar-refractivity contribution in [2.75, 3.05) is 26.5 Å². The molecule has 1 saturated carbocycles. The molecule has 1 unspecified atom stereocenters. The van der Waals surface area contributed by atoms with Crippen molar-refractivity contribution in [3.8, 4) is 0 Å². The second-order valence-electron chi connectivity index (χ2n) is 5.56. The van der Waals surface area contributed by atoms with Crippen LogP contribution in [0.4, 0.5) is 0 Å². The Balaban J connectivity index is 2.58. The highest BCUT2D eigenvalue weighted by molar-refractivity contribution is 7.51. The smallest absolute Gasteiger partial charge is 0.325 e. The minimum Gasteiger partial charge on any atom is -0.382 e. The average Bonchev–Trinajstić information content (AvgIpc) is 2.86. The molecule has 1 aliphatic rings. The first-order valence-electron chi connectivity index (χ1n) is 6.51. The fraction of sp³-hybridized carbons (Fsp3) is 1.00. The fourth-order valence-corrected chi connectivity index (χ4v) is 3.24. The molecule has 114 valence electrons. The van der Waals surface area contributed by atoms with Gasteiger partial charge in [0.2, 0.25) is 0 Å². The van der Waals surface area contributed by atoms with Crippen LogP contribution in [0.15, 0.2) is 0 Å². The standard InChI is InChI=1S/C12H25O6P/c1-9(2)17-8-12(18-10(3)6-16-4)5-11(12)7-19(13,14)15/h9-11H,5-8H2,1-4H3,(H2,13,14,15)/t10-,11?,12-/m0/s1. The van der Waals surface area contributed by atoms with Crippen LogP contribution in [-0.2, 0) is 18.8 Å². The lowest BCUT2D eigenvalue weighted by atomic mass is 10.2. The summed E-state index contributed by atoms with van der Waals surface area (Å²) >= 11 is 0. The van der Waals surface area contributed by atoms with Crippen LogP contribution in [0.3, 0.4) is 0 Å². The highest BCUT2D eigenvalue weighted by Crippen LogP contribution is 2.54. The topological polar surface area (TPSA) is 85.2 Å². The van der Waals surface area contributed by atoms with Gasteiger partial charge in [0.1, 0.15) is 0 Å². The molecule has 2 N–H and O–H groups in total. The Kier molecular flexibility index (Phi) is 5.98. The summed E-state index contributed by atoms with van der Waals surface area (Å²) in [7, 11) is -2.42. The maximum atomic E-state index is 11.1. The first kappa shape index (κ1) is 17.1. The van der Waals surface area contributed by atoms with Crippen LogP contribution in [0.2, 0.25) is 0 Å². The lowest BCUT2D eigenvalue weighted by molar-refractivity contribution is -0.103. The van der Waals surface area contributed by atoms with E-state index in [1.165, 1.54) is 0 Å². The van der Waals surface area contributed by atoms with Gasteiger partial charge >= 0.3 is 7.60 Å². The third-order valence-electron chi connectivity index (χ3n) is 3.13. The summed E-state index contributed by atoms with van der Waals surface area (Å²) in [6, 6.07) is 0. The molecule has 1 fully saturated rings. The van der Waals surface area contributed by atoms with Gasteiger partial charge in [0.15, 0.2) is 0 Å². The monoisotopic (exact) mass is 296 g/mol. The third-order valence-corrected chi connectivity index (χ3v) is 4.05. The molecule has 0 aromatic heterocycles. The van der Waals surface area contributed by atoms with E-state index in [1.807, 2.05) is 20.8 Å². The largest absolute Gasteiger partial charge is 0.382 e. The number of methoxy groups -OCH3 is 1.